The number of carboxylic acid groups (broad SMARTS) is 1. The second kappa shape index (κ2) is 43.9. The Morgan fingerprint density at radius 1 is 0.382 bits per heavy atom. The number of fused-ring (bicyclic) bond motifs is 12. The smallest absolute Gasteiger partial charge is 0.338 e. The van der Waals surface area contributed by atoms with E-state index in [0.717, 1.165) is 157 Å². The van der Waals surface area contributed by atoms with Gasteiger partial charge in [0, 0.05) is 76.8 Å². The van der Waals surface area contributed by atoms with Crippen LogP contribution in [0.1, 0.15) is 267 Å². The highest BCUT2D eigenvalue weighted by atomic mass is 35.7. The van der Waals surface area contributed by atoms with Gasteiger partial charge in [0.25, 0.3) is 0 Å². The first-order valence-corrected chi connectivity index (χ1v) is 48.8. The number of hydrogen-bond acceptors (Lipinski definition) is 28. The number of thiophene rings is 4. The van der Waals surface area contributed by atoms with E-state index < -0.39 is 35.2 Å². The molecule has 0 spiro atoms. The Labute approximate surface area is 814 Å². The number of carbonyl (C=O) groups excluding carboxylic acids is 4. The quantitative estimate of drug-likeness (QED) is 0.0320. The highest BCUT2D eigenvalue weighted by Gasteiger charge is 2.38. The number of halogens is 1. The number of benzene rings is 6. The van der Waals surface area contributed by atoms with Crippen LogP contribution in [-0.4, -0.2) is 147 Å². The summed E-state index contributed by atoms with van der Waals surface area (Å²) in [5.74, 6) is 3.74. The van der Waals surface area contributed by atoms with E-state index in [2.05, 4.69) is 122 Å². The molecule has 0 radical (unpaired) electrons. The minimum absolute atomic E-state index is 0.0236. The number of aromatic carboxylic acids is 1. The van der Waals surface area contributed by atoms with Gasteiger partial charge in [-0.1, -0.05) is 109 Å². The molecule has 136 heavy (non-hydrogen) atoms. The van der Waals surface area contributed by atoms with Crippen LogP contribution in [0.5, 0.6) is 0 Å². The fraction of sp³-hybridized carbons (Fsp3) is 0.317. The van der Waals surface area contributed by atoms with Gasteiger partial charge >= 0.3 is 29.8 Å². The fourth-order valence-electron chi connectivity index (χ4n) is 15.6. The maximum atomic E-state index is 12.9. The molecule has 12 heterocycles. The van der Waals surface area contributed by atoms with Gasteiger partial charge in [-0.2, -0.15) is 0 Å². The lowest BCUT2D eigenvalue weighted by atomic mass is 9.98. The highest BCUT2D eigenvalue weighted by molar-refractivity contribution is 7.52. The van der Waals surface area contributed by atoms with E-state index >= 15 is 0 Å². The van der Waals surface area contributed by atoms with E-state index in [-0.39, 0.29) is 61.6 Å². The summed E-state index contributed by atoms with van der Waals surface area (Å²) < 4.78 is 30.4. The molecule has 0 aliphatic carbocycles. The maximum Gasteiger partial charge on any atom is 0.338 e. The summed E-state index contributed by atoms with van der Waals surface area (Å²) in [6.07, 6.45) is 0.108. The predicted molar refractivity (Wildman–Crippen MR) is 542 cm³/mol. The van der Waals surface area contributed by atoms with Crippen molar-refractivity contribution >= 4 is 124 Å². The number of aryl methyl sites for hydroxylation is 8. The number of carbonyl (C=O) groups is 5. The van der Waals surface area contributed by atoms with Gasteiger partial charge in [-0.3, -0.25) is 47.8 Å². The number of nitrogens with zero attached hydrogens (tertiary/aromatic N) is 16. The number of nitrogens with two attached hydrogens (primary N) is 2. The first-order valence-electron chi connectivity index (χ1n) is 43.8. The molecular formula is C101H112ClN18O11PS4. The Hall–Kier alpha value is -12.9. The number of rotatable bonds is 15. The van der Waals surface area contributed by atoms with Crippen LogP contribution in [0.4, 0.5) is 5.69 Å². The minimum Gasteiger partial charge on any atom is -0.478 e. The summed E-state index contributed by atoms with van der Waals surface area (Å²) in [7, 11) is 4.39. The van der Waals surface area contributed by atoms with Gasteiger partial charge in [-0.25, -0.2) is 14.4 Å². The zero-order valence-electron chi connectivity index (χ0n) is 80.1. The molecule has 0 saturated heterocycles. The second-order valence-electron chi connectivity index (χ2n) is 34.3. The molecule has 708 valence electrons. The lowest BCUT2D eigenvalue weighted by Gasteiger charge is -2.21. The van der Waals surface area contributed by atoms with Gasteiger partial charge in [0.1, 0.15) is 91.9 Å². The molecule has 0 bridgehead atoms. The van der Waals surface area contributed by atoms with Gasteiger partial charge in [0.2, 0.25) is 0 Å². The number of aliphatic hydroxyl groups is 1. The molecule has 0 fully saturated rings. The zero-order valence-corrected chi connectivity index (χ0v) is 85.3. The summed E-state index contributed by atoms with van der Waals surface area (Å²) in [6, 6.07) is 47.1. The summed E-state index contributed by atoms with van der Waals surface area (Å²) >= 11 is 11.3. The van der Waals surface area contributed by atoms with Crippen molar-refractivity contribution in [1.29, 1.82) is 0 Å². The van der Waals surface area contributed by atoms with Crippen LogP contribution < -0.4 is 11.5 Å². The van der Waals surface area contributed by atoms with Crippen molar-refractivity contribution in [3.63, 3.8) is 0 Å². The number of esters is 4. The van der Waals surface area contributed by atoms with Crippen LogP contribution in [0.3, 0.4) is 0 Å². The molecule has 5 unspecified atom stereocenters. The largest absolute Gasteiger partial charge is 0.478 e. The maximum absolute atomic E-state index is 12.9. The van der Waals surface area contributed by atoms with E-state index in [4.69, 9.17) is 54.9 Å². The first kappa shape index (κ1) is 102. The number of aliphatic hydroxyl groups excluding tert-OH is 1. The van der Waals surface area contributed by atoms with E-state index in [1.165, 1.54) is 32.8 Å². The normalized spacial score (nSPS) is 14.6. The lowest BCUT2D eigenvalue weighted by molar-refractivity contribution is -0.156. The van der Waals surface area contributed by atoms with Crippen molar-refractivity contribution in [1.82, 2.24) is 59.1 Å². The Balaban J connectivity index is 0.000000161. The Morgan fingerprint density at radius 2 is 0.640 bits per heavy atom. The second-order valence-corrected chi connectivity index (χ2v) is 39.1. The average molecular weight is 1950 g/mol. The molecule has 0 amide bonds. The topological polar surface area (TPSA) is 387 Å². The molecule has 14 aromatic rings. The molecule has 5 atom stereocenters. The van der Waals surface area contributed by atoms with Gasteiger partial charge in [0.05, 0.1) is 52.4 Å². The molecule has 6 N–H and O–H groups in total. The number of hydrogen-bond donors (Lipinski definition) is 4. The fourth-order valence-corrected chi connectivity index (χ4v) is 20.5. The highest BCUT2D eigenvalue weighted by Crippen LogP contribution is 2.45. The summed E-state index contributed by atoms with van der Waals surface area (Å²) in [5.41, 5.74) is 28.9. The third kappa shape index (κ3) is 22.4. The number of nitrogen functional groups attached to an aromatic ring is 1. The van der Waals surface area contributed by atoms with Crippen molar-refractivity contribution in [2.75, 3.05) is 19.9 Å². The monoisotopic (exact) mass is 1950 g/mol. The van der Waals surface area contributed by atoms with Gasteiger partial charge < -0.3 is 40.6 Å². The minimum atomic E-state index is -0.933. The predicted octanol–water partition coefficient (Wildman–Crippen LogP) is 20.3. The standard InChI is InChI=1S/C31H32N4O4S.C26H24N4O2S.C23H27N5O2S.C19H18N4O2S.CH5N.CH4O.ClH2P/c1-18-19(2)40-29-26(18)27(22-12-14-23(15-13-22)30(37)38-17-21-10-8-7-9-11-21)32-24(16-25(36)39-31(4,5)6)28-34-33-20(3)35(28)29;1-15-17(3)33-25-22(15)23(27-16(2)24-29-28-18(4)30(24)25)20-10-12-21(13-11-20)26(31)32-14-19-8-6-5-7-9-19;1-12-13(2)31-22-19(12)20(15-7-9-16(24)10-8-15)25-17(11-18(29)30-23(4,5)6)21-27-26-14(3)28(21)22;1-9-11(3)26-18-15(9)16(13-5-7-14(8-6-13)19(24)25)20-10(2)17-22-21-12(4)23(17)18;3*1-2/h7-15,24H,16-17H2,1-6H3;5-13,16H,14H2,1-4H3;7-10,17H,11,24H2,1-6H3;5-8,10H,1-4H3,(H,24,25);2H2,1H3;2H,1H3;2H2. The molecule has 0 saturated carbocycles. The Morgan fingerprint density at radius 3 is 0.919 bits per heavy atom. The molecule has 6 aromatic carbocycles. The van der Waals surface area contributed by atoms with Gasteiger partial charge in [-0.05, 0) is 236 Å². The number of anilines is 1. The van der Waals surface area contributed by atoms with Crippen molar-refractivity contribution in [3.8, 4) is 20.0 Å². The van der Waals surface area contributed by atoms with E-state index in [1.54, 1.807) is 81.7 Å². The van der Waals surface area contributed by atoms with Crippen LogP contribution in [0.25, 0.3) is 20.0 Å². The molecule has 4 aliphatic heterocycles. The first-order chi connectivity index (χ1) is 64.9. The van der Waals surface area contributed by atoms with Gasteiger partial charge in [-0.15, -0.1) is 97.4 Å². The van der Waals surface area contributed by atoms with E-state index in [9.17, 15) is 24.0 Å². The van der Waals surface area contributed by atoms with Crippen LogP contribution in [0.15, 0.2) is 178 Å². The molecular weight excluding hydrogens is 1840 g/mol. The third-order valence-corrected chi connectivity index (χ3v) is 27.3. The average Bonchev–Trinajstić information content (AvgIpc) is 1.61. The molecule has 35 heteroatoms. The van der Waals surface area contributed by atoms with Crippen LogP contribution in [0, 0.1) is 83.1 Å². The van der Waals surface area contributed by atoms with Crippen LogP contribution in [-0.2, 0) is 41.8 Å². The number of aliphatic imine (C=N–C) groups is 4. The number of aromatic nitrogens is 12. The van der Waals surface area contributed by atoms with Crippen LogP contribution >= 0.6 is 65.2 Å². The lowest BCUT2D eigenvalue weighted by Crippen LogP contribution is -2.25. The molecule has 18 rings (SSSR count). The summed E-state index contributed by atoms with van der Waals surface area (Å²) in [4.78, 5) is 87.1. The molecule has 29 nitrogen and oxygen atoms in total. The molecule has 4 aliphatic rings. The third-order valence-electron chi connectivity index (χ3n) is 22.5. The Bertz CT molecular complexity index is 6850. The van der Waals surface area contributed by atoms with Crippen molar-refractivity contribution in [2.24, 2.45) is 25.7 Å². The van der Waals surface area contributed by atoms with E-state index in [0.29, 0.717) is 28.5 Å². The number of carboxylic acids is 1. The summed E-state index contributed by atoms with van der Waals surface area (Å²) in [6.45, 7) is 40.1. The molecule has 8 aromatic heterocycles. The van der Waals surface area contributed by atoms with Crippen molar-refractivity contribution in [3.05, 3.63) is 318 Å². The zero-order chi connectivity index (χ0) is 98.8. The van der Waals surface area contributed by atoms with Crippen LogP contribution in [0.2, 0.25) is 0 Å². The Kier molecular flexibility index (Phi) is 32.9. The van der Waals surface area contributed by atoms with Crippen molar-refractivity contribution in [2.45, 2.75) is 200 Å². The van der Waals surface area contributed by atoms with E-state index in [1.807, 2.05) is 222 Å². The SMILES string of the molecule is CN.CO.Cc1sc2c(c1C)C(c1ccc(C(=O)O)cc1)=NC(C)c1nnc(C)n1-2.Cc1sc2c(c1C)C(c1ccc(C(=O)OCc3ccccc3)cc1)=NC(C)c1nnc(C)n1-2.Cc1sc2c(c1C)C(c1ccc(C(=O)OCc3ccccc3)cc1)=NC(CC(=O)OC(C)(C)C)c1nnc(C)n1-2.Cc1sc2c(c1C)C(c1ccc(N)cc1)=NC(CC(=O)OC(C)(C)C)c1nnc(C)n1-2.PCl. The van der Waals surface area contributed by atoms with Crippen molar-refractivity contribution < 1.29 is 53.1 Å². The van der Waals surface area contributed by atoms with Gasteiger partial charge in [0.15, 0.2) is 23.3 Å². The summed E-state index contributed by atoms with van der Waals surface area (Å²) in [5, 5.41) is 55.1. The number of ether oxygens (including phenoxy) is 4.